The van der Waals surface area contributed by atoms with E-state index in [0.29, 0.717) is 25.1 Å². The summed E-state index contributed by atoms with van der Waals surface area (Å²) in [5.74, 6) is 0.258. The molecule has 0 bridgehead atoms. The summed E-state index contributed by atoms with van der Waals surface area (Å²) >= 11 is 0. The Balaban J connectivity index is 1.46. The molecule has 1 amide bonds. The van der Waals surface area contributed by atoms with E-state index >= 15 is 0 Å². The molecule has 1 N–H and O–H groups in total. The van der Waals surface area contributed by atoms with E-state index < -0.39 is 16.1 Å². The molecule has 0 aromatic heterocycles. The summed E-state index contributed by atoms with van der Waals surface area (Å²) in [6, 6.07) is 14.6. The minimum absolute atomic E-state index is 0.0185. The molecule has 1 fully saturated rings. The van der Waals surface area contributed by atoms with E-state index in [-0.39, 0.29) is 16.6 Å². The van der Waals surface area contributed by atoms with Crippen LogP contribution in [0.15, 0.2) is 58.4 Å². The van der Waals surface area contributed by atoms with Gasteiger partial charge in [-0.15, -0.1) is 0 Å². The number of aryl methyl sites for hydroxylation is 1. The predicted octanol–water partition coefficient (Wildman–Crippen LogP) is 2.94. The quantitative estimate of drug-likeness (QED) is 0.677. The molecule has 7 nitrogen and oxygen atoms in total. The summed E-state index contributed by atoms with van der Waals surface area (Å²) in [5, 5.41) is 0. The molecule has 1 atom stereocenters. The van der Waals surface area contributed by atoms with E-state index in [1.54, 1.807) is 24.3 Å². The van der Waals surface area contributed by atoms with Crippen LogP contribution < -0.4 is 4.72 Å². The SMILES string of the molecule is CCCCC(N=C1NS(=O)(=O)c2ccccc21)C(=O)N1CCN(Cc2ccccc2C)CC1. The second-order valence-corrected chi connectivity index (χ2v) is 10.4. The summed E-state index contributed by atoms with van der Waals surface area (Å²) in [6.07, 6.45) is 2.40. The lowest BCUT2D eigenvalue weighted by atomic mass is 10.1. The first-order valence-electron chi connectivity index (χ1n) is 11.6. The van der Waals surface area contributed by atoms with Crippen LogP contribution in [0, 0.1) is 6.92 Å². The number of nitrogens with one attached hydrogen (secondary N) is 1. The van der Waals surface area contributed by atoms with E-state index in [4.69, 9.17) is 0 Å². The van der Waals surface area contributed by atoms with Crippen LogP contribution in [-0.4, -0.2) is 62.2 Å². The highest BCUT2D eigenvalue weighted by Crippen LogP contribution is 2.24. The molecule has 33 heavy (non-hydrogen) atoms. The number of fused-ring (bicyclic) bond motifs is 1. The number of benzene rings is 2. The summed E-state index contributed by atoms with van der Waals surface area (Å²) < 4.78 is 27.4. The van der Waals surface area contributed by atoms with Gasteiger partial charge in [0.05, 0.1) is 4.90 Å². The van der Waals surface area contributed by atoms with Gasteiger partial charge in [0, 0.05) is 38.3 Å². The summed E-state index contributed by atoms with van der Waals surface area (Å²) in [4.78, 5) is 22.5. The Morgan fingerprint density at radius 1 is 1.06 bits per heavy atom. The third kappa shape index (κ3) is 5.28. The van der Waals surface area contributed by atoms with Crippen molar-refractivity contribution in [1.82, 2.24) is 14.5 Å². The number of carbonyl (C=O) groups excluding carboxylic acids is 1. The molecule has 176 valence electrons. The molecule has 0 aliphatic carbocycles. The maximum absolute atomic E-state index is 13.4. The lowest BCUT2D eigenvalue weighted by Crippen LogP contribution is -2.51. The minimum atomic E-state index is -3.62. The molecule has 2 heterocycles. The fraction of sp³-hybridized carbons (Fsp3) is 0.440. The molecule has 4 rings (SSSR count). The Kier molecular flexibility index (Phi) is 7.14. The van der Waals surface area contributed by atoms with Crippen LogP contribution >= 0.6 is 0 Å². The molecule has 2 aromatic carbocycles. The maximum atomic E-state index is 13.4. The van der Waals surface area contributed by atoms with E-state index in [0.717, 1.165) is 32.5 Å². The lowest BCUT2D eigenvalue weighted by Gasteiger charge is -2.36. The molecular formula is C25H32N4O3S. The second-order valence-electron chi connectivity index (χ2n) is 8.77. The van der Waals surface area contributed by atoms with Gasteiger partial charge in [-0.05, 0) is 36.6 Å². The number of amidine groups is 1. The molecule has 2 aromatic rings. The Morgan fingerprint density at radius 3 is 2.48 bits per heavy atom. The Morgan fingerprint density at radius 2 is 1.76 bits per heavy atom. The largest absolute Gasteiger partial charge is 0.338 e. The highest BCUT2D eigenvalue weighted by Gasteiger charge is 2.33. The Hall–Kier alpha value is -2.71. The van der Waals surface area contributed by atoms with Gasteiger partial charge in [0.2, 0.25) is 5.91 Å². The number of unbranched alkanes of at least 4 members (excludes halogenated alkanes) is 1. The number of piperazine rings is 1. The molecule has 1 unspecified atom stereocenters. The second kappa shape index (κ2) is 10.1. The highest BCUT2D eigenvalue weighted by atomic mass is 32.2. The van der Waals surface area contributed by atoms with Crippen molar-refractivity contribution in [3.63, 3.8) is 0 Å². The van der Waals surface area contributed by atoms with Crippen molar-refractivity contribution in [1.29, 1.82) is 0 Å². The summed E-state index contributed by atoms with van der Waals surface area (Å²) in [7, 11) is -3.62. The first-order valence-corrected chi connectivity index (χ1v) is 13.1. The van der Waals surface area contributed by atoms with Crippen LogP contribution in [0.5, 0.6) is 0 Å². The summed E-state index contributed by atoms with van der Waals surface area (Å²) in [5.41, 5.74) is 3.14. The third-order valence-electron chi connectivity index (χ3n) is 6.40. The van der Waals surface area contributed by atoms with Crippen LogP contribution in [0.4, 0.5) is 0 Å². The van der Waals surface area contributed by atoms with E-state index in [2.05, 4.69) is 52.7 Å². The fourth-order valence-corrected chi connectivity index (χ4v) is 5.63. The Labute approximate surface area is 196 Å². The van der Waals surface area contributed by atoms with Crippen molar-refractivity contribution in [2.75, 3.05) is 26.2 Å². The average Bonchev–Trinajstić information content (AvgIpc) is 3.08. The number of amides is 1. The van der Waals surface area contributed by atoms with Crippen molar-refractivity contribution in [3.05, 3.63) is 65.2 Å². The molecule has 0 saturated carbocycles. The minimum Gasteiger partial charge on any atom is -0.338 e. The van der Waals surface area contributed by atoms with Crippen molar-refractivity contribution < 1.29 is 13.2 Å². The van der Waals surface area contributed by atoms with Gasteiger partial charge >= 0.3 is 0 Å². The van der Waals surface area contributed by atoms with Crippen molar-refractivity contribution in [2.45, 2.75) is 50.6 Å². The van der Waals surface area contributed by atoms with Crippen LogP contribution in [-0.2, 0) is 21.4 Å². The van der Waals surface area contributed by atoms with Gasteiger partial charge in [-0.1, -0.05) is 56.2 Å². The van der Waals surface area contributed by atoms with Crippen LogP contribution in [0.2, 0.25) is 0 Å². The van der Waals surface area contributed by atoms with Gasteiger partial charge < -0.3 is 4.90 Å². The van der Waals surface area contributed by atoms with E-state index in [1.165, 1.54) is 11.1 Å². The number of hydrogen-bond donors (Lipinski definition) is 1. The smallest absolute Gasteiger partial charge is 0.263 e. The van der Waals surface area contributed by atoms with Crippen molar-refractivity contribution in [2.24, 2.45) is 4.99 Å². The zero-order chi connectivity index (χ0) is 23.4. The third-order valence-corrected chi connectivity index (χ3v) is 7.80. The fourth-order valence-electron chi connectivity index (χ4n) is 4.39. The van der Waals surface area contributed by atoms with Crippen LogP contribution in [0.1, 0.15) is 42.9 Å². The molecule has 2 aliphatic heterocycles. The van der Waals surface area contributed by atoms with Crippen LogP contribution in [0.25, 0.3) is 0 Å². The lowest BCUT2D eigenvalue weighted by molar-refractivity contribution is -0.134. The highest BCUT2D eigenvalue weighted by molar-refractivity contribution is 7.90. The van der Waals surface area contributed by atoms with Gasteiger partial charge in [0.25, 0.3) is 10.0 Å². The van der Waals surface area contributed by atoms with Gasteiger partial charge in [0.15, 0.2) is 0 Å². The zero-order valence-corrected chi connectivity index (χ0v) is 20.1. The topological polar surface area (TPSA) is 82.1 Å². The average molecular weight is 469 g/mol. The molecule has 8 heteroatoms. The molecule has 1 saturated heterocycles. The summed E-state index contributed by atoms with van der Waals surface area (Å²) in [6.45, 7) is 8.02. The Bertz CT molecular complexity index is 1140. The van der Waals surface area contributed by atoms with Gasteiger partial charge in [-0.25, -0.2) is 8.42 Å². The standard InChI is InChI=1S/C25H32N4O3S/c1-3-4-12-22(26-24-21-11-7-8-13-23(21)33(31,32)27-24)25(30)29-16-14-28(15-17-29)18-20-10-6-5-9-19(20)2/h5-11,13,22H,3-4,12,14-18H2,1-2H3,(H,26,27). The number of nitrogens with zero attached hydrogens (tertiary/aromatic N) is 3. The number of carbonyl (C=O) groups is 1. The van der Waals surface area contributed by atoms with Crippen LogP contribution in [0.3, 0.4) is 0 Å². The molecule has 0 radical (unpaired) electrons. The van der Waals surface area contributed by atoms with Crippen molar-refractivity contribution >= 4 is 21.8 Å². The molecule has 0 spiro atoms. The van der Waals surface area contributed by atoms with Crippen molar-refractivity contribution in [3.8, 4) is 0 Å². The maximum Gasteiger partial charge on any atom is 0.263 e. The predicted molar refractivity (Wildman–Crippen MR) is 130 cm³/mol. The normalized spacial score (nSPS) is 19.8. The number of hydrogen-bond acceptors (Lipinski definition) is 5. The van der Waals surface area contributed by atoms with Gasteiger partial charge in [-0.3, -0.25) is 19.4 Å². The first kappa shape index (κ1) is 23.4. The number of rotatable bonds is 7. The number of sulfonamides is 1. The monoisotopic (exact) mass is 468 g/mol. The van der Waals surface area contributed by atoms with Gasteiger partial charge in [-0.2, -0.15) is 0 Å². The first-order chi connectivity index (χ1) is 15.9. The van der Waals surface area contributed by atoms with Gasteiger partial charge in [0.1, 0.15) is 11.9 Å². The molecular weight excluding hydrogens is 436 g/mol. The zero-order valence-electron chi connectivity index (χ0n) is 19.3. The van der Waals surface area contributed by atoms with E-state index in [9.17, 15) is 13.2 Å². The number of aliphatic imine (C=N–C) groups is 1. The molecule has 2 aliphatic rings. The van der Waals surface area contributed by atoms with E-state index in [1.807, 2.05) is 4.90 Å².